The van der Waals surface area contributed by atoms with E-state index in [1.165, 1.54) is 17.4 Å². The molecular weight excluding hydrogens is 300 g/mol. The molecule has 1 atom stereocenters. The number of rotatable bonds is 5. The van der Waals surface area contributed by atoms with Crippen LogP contribution in [0.15, 0.2) is 28.7 Å². The zero-order valence-corrected chi connectivity index (χ0v) is 14.4. The molecule has 3 heterocycles. The maximum absolute atomic E-state index is 5.98. The summed E-state index contributed by atoms with van der Waals surface area (Å²) in [5, 5.41) is 13.3. The van der Waals surface area contributed by atoms with Crippen LogP contribution in [0, 0.1) is 12.8 Å². The summed E-state index contributed by atoms with van der Waals surface area (Å²) >= 11 is 0. The quantitative estimate of drug-likeness (QED) is 0.783. The highest BCUT2D eigenvalue weighted by Gasteiger charge is 2.21. The second-order valence-electron chi connectivity index (χ2n) is 6.66. The fourth-order valence-electron chi connectivity index (χ4n) is 3.73. The van der Waals surface area contributed by atoms with Crippen molar-refractivity contribution in [2.75, 3.05) is 6.54 Å². The van der Waals surface area contributed by atoms with Crippen molar-refractivity contribution in [3.63, 3.8) is 0 Å². The lowest BCUT2D eigenvalue weighted by atomic mass is 9.99. The predicted molar refractivity (Wildman–Crippen MR) is 93.9 cm³/mol. The third-order valence-electron chi connectivity index (χ3n) is 5.07. The molecule has 0 spiro atoms. The largest absolute Gasteiger partial charge is 0.461 e. The van der Waals surface area contributed by atoms with Crippen molar-refractivity contribution >= 4 is 11.0 Å². The topological polar surface area (TPSA) is 55.9 Å². The van der Waals surface area contributed by atoms with E-state index in [-0.39, 0.29) is 0 Å². The van der Waals surface area contributed by atoms with Gasteiger partial charge in [0.05, 0.1) is 0 Å². The third kappa shape index (κ3) is 2.73. The van der Waals surface area contributed by atoms with Gasteiger partial charge in [-0.25, -0.2) is 0 Å². The van der Waals surface area contributed by atoms with Crippen LogP contribution in [0.3, 0.4) is 0 Å². The normalized spacial score (nSPS) is 17.3. The molecule has 24 heavy (non-hydrogen) atoms. The fourth-order valence-corrected chi connectivity index (χ4v) is 3.73. The van der Waals surface area contributed by atoms with Crippen LogP contribution in [0.4, 0.5) is 0 Å². The predicted octanol–water partition coefficient (Wildman–Crippen LogP) is 3.25. The summed E-state index contributed by atoms with van der Waals surface area (Å²) in [6.07, 6.45) is 3.14. The Labute approximate surface area is 142 Å². The lowest BCUT2D eigenvalue weighted by Gasteiger charge is -2.24. The van der Waals surface area contributed by atoms with Crippen molar-refractivity contribution in [1.29, 1.82) is 0 Å². The Bertz CT molecular complexity index is 848. The summed E-state index contributed by atoms with van der Waals surface area (Å²) < 4.78 is 8.25. The Morgan fingerprint density at radius 2 is 2.17 bits per heavy atom. The molecule has 3 aromatic rings. The number of furan rings is 1. The van der Waals surface area contributed by atoms with Gasteiger partial charge in [-0.05, 0) is 31.9 Å². The molecule has 1 aliphatic heterocycles. The molecule has 1 aromatic carbocycles. The summed E-state index contributed by atoms with van der Waals surface area (Å²) in [6.45, 7) is 7.09. The minimum Gasteiger partial charge on any atom is -0.461 e. The van der Waals surface area contributed by atoms with Crippen molar-refractivity contribution in [2.45, 2.75) is 46.2 Å². The van der Waals surface area contributed by atoms with Crippen molar-refractivity contribution in [3.05, 3.63) is 47.2 Å². The molecule has 5 nitrogen and oxygen atoms in total. The molecule has 0 unspecified atom stereocenters. The number of hydrogen-bond donors (Lipinski definition) is 1. The second-order valence-corrected chi connectivity index (χ2v) is 6.66. The van der Waals surface area contributed by atoms with Crippen molar-refractivity contribution in [1.82, 2.24) is 20.1 Å². The first kappa shape index (κ1) is 15.4. The smallest absolute Gasteiger partial charge is 0.134 e. The van der Waals surface area contributed by atoms with Gasteiger partial charge in [0.2, 0.25) is 0 Å². The summed E-state index contributed by atoms with van der Waals surface area (Å²) in [5.74, 6) is 3.90. The van der Waals surface area contributed by atoms with E-state index >= 15 is 0 Å². The number of hydrogen-bond acceptors (Lipinski definition) is 4. The molecule has 0 saturated heterocycles. The number of nitrogens with zero attached hydrogens (tertiary/aromatic N) is 3. The van der Waals surface area contributed by atoms with E-state index in [4.69, 9.17) is 4.42 Å². The summed E-state index contributed by atoms with van der Waals surface area (Å²) in [7, 11) is 0. The first-order valence-electron chi connectivity index (χ1n) is 8.85. The number of nitrogens with one attached hydrogen (secondary N) is 1. The molecule has 0 saturated carbocycles. The van der Waals surface area contributed by atoms with E-state index in [9.17, 15) is 0 Å². The highest BCUT2D eigenvalue weighted by Crippen LogP contribution is 2.26. The molecule has 5 heteroatoms. The van der Waals surface area contributed by atoms with Gasteiger partial charge in [-0.15, -0.1) is 10.2 Å². The minimum atomic E-state index is 0.635. The van der Waals surface area contributed by atoms with Crippen LogP contribution in [-0.4, -0.2) is 21.3 Å². The first-order chi connectivity index (χ1) is 11.8. The molecule has 2 aromatic heterocycles. The van der Waals surface area contributed by atoms with Gasteiger partial charge < -0.3 is 14.3 Å². The molecule has 0 bridgehead atoms. The number of fused-ring (bicyclic) bond motifs is 2. The third-order valence-corrected chi connectivity index (χ3v) is 5.07. The van der Waals surface area contributed by atoms with Gasteiger partial charge >= 0.3 is 0 Å². The Balaban J connectivity index is 1.42. The standard InChI is InChI=1S/C19H24N4O/c1-3-17-16(15-6-4-5-7-18(15)24-17)11-20-10-14-8-9-19-22-21-13(2)23(19)12-14/h4-7,14,20H,3,8-12H2,1-2H3/t14-/m0/s1. The maximum Gasteiger partial charge on any atom is 0.134 e. The highest BCUT2D eigenvalue weighted by molar-refractivity contribution is 5.82. The van der Waals surface area contributed by atoms with E-state index in [0.717, 1.165) is 55.5 Å². The Morgan fingerprint density at radius 1 is 1.29 bits per heavy atom. The molecule has 0 radical (unpaired) electrons. The van der Waals surface area contributed by atoms with E-state index < -0.39 is 0 Å². The highest BCUT2D eigenvalue weighted by atomic mass is 16.3. The van der Waals surface area contributed by atoms with Crippen LogP contribution < -0.4 is 5.32 Å². The number of aryl methyl sites for hydroxylation is 3. The maximum atomic E-state index is 5.98. The van der Waals surface area contributed by atoms with Crippen LogP contribution in [0.1, 0.15) is 36.3 Å². The van der Waals surface area contributed by atoms with Crippen LogP contribution in [-0.2, 0) is 25.9 Å². The van der Waals surface area contributed by atoms with E-state index in [2.05, 4.69) is 45.2 Å². The number of aromatic nitrogens is 3. The molecule has 126 valence electrons. The number of para-hydroxylation sites is 1. The molecule has 1 aliphatic rings. The second kappa shape index (κ2) is 6.40. The summed E-state index contributed by atoms with van der Waals surface area (Å²) in [4.78, 5) is 0. The van der Waals surface area contributed by atoms with E-state index in [1.54, 1.807) is 0 Å². The van der Waals surface area contributed by atoms with Crippen molar-refractivity contribution < 1.29 is 4.42 Å². The van der Waals surface area contributed by atoms with Crippen LogP contribution in [0.5, 0.6) is 0 Å². The molecule has 4 rings (SSSR count). The van der Waals surface area contributed by atoms with E-state index in [0.29, 0.717) is 5.92 Å². The van der Waals surface area contributed by atoms with Gasteiger partial charge in [0.15, 0.2) is 0 Å². The molecule has 0 aliphatic carbocycles. The SMILES string of the molecule is CCc1oc2ccccc2c1CNC[C@@H]1CCc2nnc(C)n2C1. The monoisotopic (exact) mass is 324 g/mol. The van der Waals surface area contributed by atoms with Crippen LogP contribution in [0.2, 0.25) is 0 Å². The number of benzene rings is 1. The summed E-state index contributed by atoms with van der Waals surface area (Å²) in [6, 6.07) is 8.32. The lowest BCUT2D eigenvalue weighted by molar-refractivity contribution is 0.344. The average Bonchev–Trinajstić information content (AvgIpc) is 3.16. The molecule has 0 amide bonds. The fraction of sp³-hybridized carbons (Fsp3) is 0.474. The summed E-state index contributed by atoms with van der Waals surface area (Å²) in [5.41, 5.74) is 2.30. The Kier molecular flexibility index (Phi) is 4.10. The van der Waals surface area contributed by atoms with Gasteiger partial charge in [-0.2, -0.15) is 0 Å². The molecule has 0 fully saturated rings. The van der Waals surface area contributed by atoms with Crippen molar-refractivity contribution in [3.8, 4) is 0 Å². The van der Waals surface area contributed by atoms with Crippen molar-refractivity contribution in [2.24, 2.45) is 5.92 Å². The van der Waals surface area contributed by atoms with E-state index in [1.807, 2.05) is 13.0 Å². The zero-order valence-electron chi connectivity index (χ0n) is 14.4. The molecule has 1 N–H and O–H groups in total. The minimum absolute atomic E-state index is 0.635. The van der Waals surface area contributed by atoms with Crippen LogP contribution >= 0.6 is 0 Å². The van der Waals surface area contributed by atoms with Gasteiger partial charge in [0, 0.05) is 36.9 Å². The van der Waals surface area contributed by atoms with Gasteiger partial charge in [-0.1, -0.05) is 25.1 Å². The van der Waals surface area contributed by atoms with Gasteiger partial charge in [0.1, 0.15) is 23.0 Å². The Hall–Kier alpha value is -2.14. The average molecular weight is 324 g/mol. The first-order valence-corrected chi connectivity index (χ1v) is 8.85. The van der Waals surface area contributed by atoms with Gasteiger partial charge in [-0.3, -0.25) is 0 Å². The Morgan fingerprint density at radius 3 is 3.04 bits per heavy atom. The zero-order chi connectivity index (χ0) is 16.5. The van der Waals surface area contributed by atoms with Crippen LogP contribution in [0.25, 0.3) is 11.0 Å². The molecular formula is C19H24N4O. The lowest BCUT2D eigenvalue weighted by Crippen LogP contribution is -2.30. The van der Waals surface area contributed by atoms with Gasteiger partial charge in [0.25, 0.3) is 0 Å².